The van der Waals surface area contributed by atoms with Crippen LogP contribution in [0.25, 0.3) is 66.1 Å². The highest BCUT2D eigenvalue weighted by Crippen LogP contribution is 2.45. The van der Waals surface area contributed by atoms with E-state index in [0.717, 1.165) is 0 Å². The molecule has 4 aliphatic rings. The molecular formula is C60H59BN2Si. The summed E-state index contributed by atoms with van der Waals surface area (Å²) in [7, 11) is -2.94. The normalized spacial score (nSPS) is 14.9. The van der Waals surface area contributed by atoms with Gasteiger partial charge in [-0.05, 0) is 147 Å². The molecule has 6 heterocycles. The number of hydrogen-bond acceptors (Lipinski definition) is 0. The second kappa shape index (κ2) is 12.8. The van der Waals surface area contributed by atoms with Crippen LogP contribution < -0.4 is 37.1 Å². The van der Waals surface area contributed by atoms with Gasteiger partial charge in [0.15, 0.2) is 8.07 Å². The summed E-state index contributed by atoms with van der Waals surface area (Å²) in [5.41, 5.74) is 24.5. The van der Waals surface area contributed by atoms with E-state index in [-0.39, 0.29) is 6.71 Å². The van der Waals surface area contributed by atoms with Gasteiger partial charge in [-0.25, -0.2) is 0 Å². The molecule has 0 bridgehead atoms. The van der Waals surface area contributed by atoms with Gasteiger partial charge < -0.3 is 9.13 Å². The average molecular weight is 847 g/mol. The van der Waals surface area contributed by atoms with Crippen molar-refractivity contribution in [2.24, 2.45) is 0 Å². The quantitative estimate of drug-likeness (QED) is 0.148. The number of benzene rings is 7. The summed E-state index contributed by atoms with van der Waals surface area (Å²) in [5, 5.41) is 12.0. The topological polar surface area (TPSA) is 9.86 Å². The van der Waals surface area contributed by atoms with Crippen molar-refractivity contribution >= 4 is 95.5 Å². The summed E-state index contributed by atoms with van der Waals surface area (Å²) in [6.07, 6.45) is 0. The van der Waals surface area contributed by atoms with Crippen LogP contribution in [0.15, 0.2) is 103 Å². The zero-order chi connectivity index (χ0) is 44.2. The third-order valence-electron chi connectivity index (χ3n) is 16.5. The summed E-state index contributed by atoms with van der Waals surface area (Å²) in [4.78, 5) is 0. The molecule has 0 radical (unpaired) electrons. The summed E-state index contributed by atoms with van der Waals surface area (Å²) >= 11 is 0. The summed E-state index contributed by atoms with van der Waals surface area (Å²) < 4.78 is 5.54. The Morgan fingerprint density at radius 2 is 0.938 bits per heavy atom. The Balaban J connectivity index is 1.30. The van der Waals surface area contributed by atoms with Gasteiger partial charge in [0.2, 0.25) is 0 Å². The fraction of sp³-hybridized carbons (Fsp3) is 0.300. The number of hydrogen-bond donors (Lipinski definition) is 0. The molecule has 64 heavy (non-hydrogen) atoms. The number of nitrogens with zero attached hydrogens (tertiary/aromatic N) is 2. The van der Waals surface area contributed by atoms with Crippen LogP contribution in [0.2, 0.25) is 0 Å². The maximum absolute atomic E-state index is 2.94. The third-order valence-corrected chi connectivity index (χ3v) is 21.4. The molecule has 0 fully saturated rings. The van der Waals surface area contributed by atoms with Gasteiger partial charge in [-0.3, -0.25) is 0 Å². The molecule has 0 saturated carbocycles. The van der Waals surface area contributed by atoms with Gasteiger partial charge >= 0.3 is 0 Å². The van der Waals surface area contributed by atoms with Gasteiger partial charge in [0.05, 0.1) is 11.0 Å². The minimum Gasteiger partial charge on any atom is -0.310 e. The van der Waals surface area contributed by atoms with Crippen molar-refractivity contribution in [3.05, 3.63) is 137 Å². The molecule has 0 saturated heterocycles. The van der Waals surface area contributed by atoms with E-state index in [1.807, 2.05) is 0 Å². The van der Waals surface area contributed by atoms with Gasteiger partial charge in [0.1, 0.15) is 0 Å². The Morgan fingerprint density at radius 3 is 1.50 bits per heavy atom. The smallest absolute Gasteiger partial charge is 0.252 e. The molecule has 2 nitrogen and oxygen atoms in total. The average Bonchev–Trinajstić information content (AvgIpc) is 3.90. The predicted molar refractivity (Wildman–Crippen MR) is 280 cm³/mol. The molecule has 9 aromatic rings. The zero-order valence-corrected chi connectivity index (χ0v) is 40.8. The fourth-order valence-corrected chi connectivity index (χ4v) is 18.8. The van der Waals surface area contributed by atoms with Gasteiger partial charge in [0, 0.05) is 44.0 Å². The van der Waals surface area contributed by atoms with Crippen molar-refractivity contribution in [2.75, 3.05) is 0 Å². The molecule has 7 aromatic carbocycles. The SMILES string of the molecule is CC(C)c1ccc2c(c1)-c1cc(C(C)C)ccc1[Si]21c2ccc3c4c2-n2c5c(cc(C(C)C)cc5c5cc(C(C)C)cc1c52)B4c1cc(C(C)C)cc2c4c(C(C)C)cccc4n-3c12. The molecule has 4 heteroatoms. The predicted octanol–water partition coefficient (Wildman–Crippen LogP) is 11.4. The van der Waals surface area contributed by atoms with Crippen LogP contribution in [-0.2, 0) is 0 Å². The largest absolute Gasteiger partial charge is 0.310 e. The first-order valence-corrected chi connectivity index (χ1v) is 26.5. The first-order valence-electron chi connectivity index (χ1n) is 24.5. The van der Waals surface area contributed by atoms with Crippen molar-refractivity contribution in [1.82, 2.24) is 9.13 Å². The van der Waals surface area contributed by atoms with E-state index in [1.165, 1.54) is 116 Å². The van der Waals surface area contributed by atoms with Gasteiger partial charge in [-0.1, -0.05) is 156 Å². The molecule has 1 spiro atoms. The van der Waals surface area contributed by atoms with Crippen molar-refractivity contribution in [3.63, 3.8) is 0 Å². The molecule has 316 valence electrons. The molecule has 2 aromatic heterocycles. The summed E-state index contributed by atoms with van der Waals surface area (Å²) in [6, 6.07) is 43.5. The van der Waals surface area contributed by atoms with Crippen LogP contribution in [0.3, 0.4) is 0 Å². The molecule has 4 aliphatic heterocycles. The molecule has 0 unspecified atom stereocenters. The molecule has 0 aliphatic carbocycles. The Kier molecular flexibility index (Phi) is 7.78. The summed E-state index contributed by atoms with van der Waals surface area (Å²) in [6.45, 7) is 28.6. The van der Waals surface area contributed by atoms with E-state index in [9.17, 15) is 0 Å². The molecular weight excluding hydrogens is 788 g/mol. The van der Waals surface area contributed by atoms with Gasteiger partial charge in [0.25, 0.3) is 6.71 Å². The lowest BCUT2D eigenvalue weighted by molar-refractivity contribution is 0.866. The van der Waals surface area contributed by atoms with E-state index < -0.39 is 8.07 Å². The van der Waals surface area contributed by atoms with Crippen LogP contribution in [0.5, 0.6) is 0 Å². The minimum absolute atomic E-state index is 0.104. The Hall–Kier alpha value is -5.58. The Bertz CT molecular complexity index is 3530. The molecule has 0 atom stereocenters. The maximum atomic E-state index is 2.83. The highest BCUT2D eigenvalue weighted by Gasteiger charge is 2.56. The first-order chi connectivity index (χ1) is 30.7. The lowest BCUT2D eigenvalue weighted by Gasteiger charge is -2.43. The third kappa shape index (κ3) is 4.54. The summed E-state index contributed by atoms with van der Waals surface area (Å²) in [5.74, 6) is 2.50. The zero-order valence-electron chi connectivity index (χ0n) is 39.8. The van der Waals surface area contributed by atoms with Crippen LogP contribution in [0.4, 0.5) is 0 Å². The fourth-order valence-electron chi connectivity index (χ4n) is 13.2. The highest BCUT2D eigenvalue weighted by atomic mass is 28.3. The van der Waals surface area contributed by atoms with Crippen molar-refractivity contribution < 1.29 is 0 Å². The van der Waals surface area contributed by atoms with Gasteiger partial charge in [-0.15, -0.1) is 0 Å². The van der Waals surface area contributed by atoms with E-state index in [0.29, 0.717) is 35.5 Å². The van der Waals surface area contributed by atoms with E-state index in [4.69, 9.17) is 0 Å². The lowest BCUT2D eigenvalue weighted by Crippen LogP contribution is -2.77. The monoisotopic (exact) mass is 846 g/mol. The van der Waals surface area contributed by atoms with Crippen LogP contribution >= 0.6 is 0 Å². The molecule has 0 N–H and O–H groups in total. The molecule has 0 amide bonds. The van der Waals surface area contributed by atoms with E-state index in [1.54, 1.807) is 20.7 Å². The van der Waals surface area contributed by atoms with Crippen LogP contribution in [0.1, 0.15) is 152 Å². The number of rotatable bonds is 6. The number of aromatic nitrogens is 2. The van der Waals surface area contributed by atoms with Gasteiger partial charge in [-0.2, -0.15) is 0 Å². The Labute approximate surface area is 380 Å². The Morgan fingerprint density at radius 1 is 0.422 bits per heavy atom. The van der Waals surface area contributed by atoms with E-state index in [2.05, 4.69) is 195 Å². The molecule has 13 rings (SSSR count). The number of fused-ring (bicyclic) bond motifs is 14. The van der Waals surface area contributed by atoms with Crippen LogP contribution in [0, 0.1) is 0 Å². The highest BCUT2D eigenvalue weighted by molar-refractivity contribution is 7.24. The van der Waals surface area contributed by atoms with Crippen molar-refractivity contribution in [3.8, 4) is 22.5 Å². The standard InChI is InChI=1S/C60H59BN2Si/c1-30(2)36-16-19-51-42(22-36)43-23-37(31(3)4)17-20-52(43)64(51)53-21-18-50-56-60(53)63-57-44(45-25-40(34(9)10)29-54(64)59(45)63)24-38(32(5)6)27-47(57)61(56)48-28-39(33(7)8)26-46-55-41(35(11)12)14-13-15-49(55)62(50)58(46)48/h13-35H,1-12H3. The second-order valence-electron chi connectivity index (χ2n) is 22.0. The van der Waals surface area contributed by atoms with E-state index >= 15 is 0 Å². The first kappa shape index (κ1) is 38.8. The minimum atomic E-state index is -2.94. The maximum Gasteiger partial charge on any atom is 0.252 e. The van der Waals surface area contributed by atoms with Crippen molar-refractivity contribution in [2.45, 2.75) is 119 Å². The lowest BCUT2D eigenvalue weighted by atomic mass is 9.34. The second-order valence-corrected chi connectivity index (χ2v) is 25.7. The van der Waals surface area contributed by atoms with Crippen molar-refractivity contribution in [1.29, 1.82) is 0 Å². The van der Waals surface area contributed by atoms with Crippen LogP contribution in [-0.4, -0.2) is 23.9 Å².